The Morgan fingerprint density at radius 1 is 1.50 bits per heavy atom. The van der Waals surface area contributed by atoms with E-state index in [1.165, 1.54) is 0 Å². The fourth-order valence-corrected chi connectivity index (χ4v) is 0.839. The number of hydrogen-bond acceptors (Lipinski definition) is 1. The van der Waals surface area contributed by atoms with Crippen LogP contribution in [0.5, 0.6) is 0 Å². The zero-order valence-electron chi connectivity index (χ0n) is 5.52. The smallest absolute Gasteiger partial charge is 0.0343 e. The second-order valence-electron chi connectivity index (χ2n) is 2.52. The Labute approximate surface area is 50.7 Å². The molecule has 0 saturated carbocycles. The molecule has 2 nitrogen and oxygen atoms in total. The van der Waals surface area contributed by atoms with Crippen LogP contribution in [0.25, 0.3) is 0 Å². The quantitative estimate of drug-likeness (QED) is 0.469. The van der Waals surface area contributed by atoms with Crippen LogP contribution in [0, 0.1) is 0 Å². The lowest BCUT2D eigenvalue weighted by atomic mass is 10.2. The molecule has 1 radical (unpaired) electrons. The van der Waals surface area contributed by atoms with E-state index in [4.69, 9.17) is 0 Å². The van der Waals surface area contributed by atoms with Crippen LogP contribution in [-0.4, -0.2) is 25.2 Å². The highest BCUT2D eigenvalue weighted by atomic mass is 15.1. The molecule has 0 bridgehead atoms. The fraction of sp³-hybridized carbons (Fsp3) is 1.00. The lowest BCUT2D eigenvalue weighted by molar-refractivity contribution is 0.369. The highest BCUT2D eigenvalue weighted by Crippen LogP contribution is 1.91. The molecule has 0 aliphatic carbocycles. The molecule has 1 aliphatic heterocycles. The molecular formula is C6H13N2. The van der Waals surface area contributed by atoms with E-state index in [0.29, 0.717) is 12.1 Å². The lowest BCUT2D eigenvalue weighted by Crippen LogP contribution is -2.48. The first-order valence-corrected chi connectivity index (χ1v) is 3.19. The molecule has 2 atom stereocenters. The Kier molecular flexibility index (Phi) is 1.86. The van der Waals surface area contributed by atoms with Gasteiger partial charge in [0.15, 0.2) is 0 Å². The van der Waals surface area contributed by atoms with Crippen molar-refractivity contribution in [1.82, 2.24) is 10.6 Å². The molecule has 1 N–H and O–H groups in total. The van der Waals surface area contributed by atoms with Gasteiger partial charge in [-0.2, -0.15) is 0 Å². The van der Waals surface area contributed by atoms with E-state index < -0.39 is 0 Å². The molecule has 1 saturated heterocycles. The number of nitrogens with zero attached hydrogens (tertiary/aromatic N) is 1. The Bertz CT molecular complexity index is 54.9. The van der Waals surface area contributed by atoms with Gasteiger partial charge in [-0.05, 0) is 13.8 Å². The third-order valence-corrected chi connectivity index (χ3v) is 1.45. The van der Waals surface area contributed by atoms with Crippen molar-refractivity contribution in [3.8, 4) is 0 Å². The summed E-state index contributed by atoms with van der Waals surface area (Å²) in [5.41, 5.74) is 0. The summed E-state index contributed by atoms with van der Waals surface area (Å²) in [6.07, 6.45) is 0. The third kappa shape index (κ3) is 1.46. The standard InChI is InChI=1S/C6H13N2/c1-5-3-8-6(2)4-7-5/h5-7H,3-4H2,1-2H3/t5-,6+/m0/s1. The van der Waals surface area contributed by atoms with Gasteiger partial charge in [-0.15, -0.1) is 0 Å². The molecule has 0 spiro atoms. The minimum absolute atomic E-state index is 0.534. The topological polar surface area (TPSA) is 26.1 Å². The second kappa shape index (κ2) is 2.46. The summed E-state index contributed by atoms with van der Waals surface area (Å²) >= 11 is 0. The van der Waals surface area contributed by atoms with Crippen molar-refractivity contribution in [3.05, 3.63) is 0 Å². The van der Waals surface area contributed by atoms with Crippen LogP contribution >= 0.6 is 0 Å². The van der Waals surface area contributed by atoms with Gasteiger partial charge in [0.05, 0.1) is 0 Å². The Morgan fingerprint density at radius 3 is 2.62 bits per heavy atom. The first-order valence-electron chi connectivity index (χ1n) is 3.19. The van der Waals surface area contributed by atoms with Gasteiger partial charge >= 0.3 is 0 Å². The van der Waals surface area contributed by atoms with Crippen molar-refractivity contribution in [1.29, 1.82) is 0 Å². The monoisotopic (exact) mass is 113 g/mol. The lowest BCUT2D eigenvalue weighted by Gasteiger charge is -2.24. The molecule has 1 rings (SSSR count). The predicted octanol–water partition coefficient (Wildman–Crippen LogP) is -0.0290. The number of piperazine rings is 1. The zero-order valence-corrected chi connectivity index (χ0v) is 5.52. The minimum atomic E-state index is 0.534. The van der Waals surface area contributed by atoms with Crippen LogP contribution in [0.2, 0.25) is 0 Å². The van der Waals surface area contributed by atoms with E-state index in [0.717, 1.165) is 13.1 Å². The van der Waals surface area contributed by atoms with Gasteiger partial charge in [0, 0.05) is 25.2 Å². The highest BCUT2D eigenvalue weighted by molar-refractivity contribution is 4.75. The van der Waals surface area contributed by atoms with Gasteiger partial charge in [0.2, 0.25) is 0 Å². The van der Waals surface area contributed by atoms with Crippen LogP contribution in [-0.2, 0) is 0 Å². The molecule has 1 fully saturated rings. The molecule has 0 aromatic carbocycles. The van der Waals surface area contributed by atoms with Crippen molar-refractivity contribution in [3.63, 3.8) is 0 Å². The average molecular weight is 113 g/mol. The van der Waals surface area contributed by atoms with E-state index in [1.807, 2.05) is 0 Å². The SMILES string of the molecule is C[C@@H]1CN[C@@H](C)C[N]1. The van der Waals surface area contributed by atoms with Crippen LogP contribution in [0.1, 0.15) is 13.8 Å². The van der Waals surface area contributed by atoms with Crippen molar-refractivity contribution in [2.75, 3.05) is 13.1 Å². The largest absolute Gasteiger partial charge is 0.311 e. The van der Waals surface area contributed by atoms with Crippen LogP contribution in [0.3, 0.4) is 0 Å². The summed E-state index contributed by atoms with van der Waals surface area (Å²) in [5.74, 6) is 0. The molecule has 1 aliphatic rings. The highest BCUT2D eigenvalue weighted by Gasteiger charge is 2.12. The van der Waals surface area contributed by atoms with E-state index in [9.17, 15) is 0 Å². The molecule has 0 amide bonds. The Hall–Kier alpha value is -0.0800. The number of hydrogen-bond donors (Lipinski definition) is 1. The molecule has 1 heterocycles. The summed E-state index contributed by atoms with van der Waals surface area (Å²) in [7, 11) is 0. The molecule has 8 heavy (non-hydrogen) atoms. The van der Waals surface area contributed by atoms with Gasteiger partial charge in [0.1, 0.15) is 0 Å². The molecule has 0 unspecified atom stereocenters. The van der Waals surface area contributed by atoms with E-state index in [1.54, 1.807) is 0 Å². The summed E-state index contributed by atoms with van der Waals surface area (Å²) in [6, 6.07) is 1.14. The summed E-state index contributed by atoms with van der Waals surface area (Å²) < 4.78 is 0. The molecule has 0 aromatic heterocycles. The predicted molar refractivity (Wildman–Crippen MR) is 33.9 cm³/mol. The second-order valence-corrected chi connectivity index (χ2v) is 2.52. The summed E-state index contributed by atoms with van der Waals surface area (Å²) in [4.78, 5) is 0. The number of nitrogens with one attached hydrogen (secondary N) is 1. The Morgan fingerprint density at radius 2 is 2.25 bits per heavy atom. The van der Waals surface area contributed by atoms with Gasteiger partial charge < -0.3 is 5.32 Å². The number of rotatable bonds is 0. The van der Waals surface area contributed by atoms with E-state index >= 15 is 0 Å². The van der Waals surface area contributed by atoms with Gasteiger partial charge in [-0.25, -0.2) is 5.32 Å². The normalized spacial score (nSPS) is 39.8. The maximum Gasteiger partial charge on any atom is 0.0343 e. The van der Waals surface area contributed by atoms with Gasteiger partial charge in [-0.3, -0.25) is 0 Å². The van der Waals surface area contributed by atoms with Crippen molar-refractivity contribution >= 4 is 0 Å². The third-order valence-electron chi connectivity index (χ3n) is 1.45. The van der Waals surface area contributed by atoms with Crippen molar-refractivity contribution in [2.45, 2.75) is 25.9 Å². The van der Waals surface area contributed by atoms with Gasteiger partial charge in [0.25, 0.3) is 0 Å². The first-order chi connectivity index (χ1) is 3.79. The Balaban J connectivity index is 2.19. The average Bonchev–Trinajstić information content (AvgIpc) is 1.77. The molecular weight excluding hydrogens is 100 g/mol. The summed E-state index contributed by atoms with van der Waals surface area (Å²) in [6.45, 7) is 6.34. The minimum Gasteiger partial charge on any atom is -0.311 e. The first kappa shape index (κ1) is 6.05. The fourth-order valence-electron chi connectivity index (χ4n) is 0.839. The summed E-state index contributed by atoms with van der Waals surface area (Å²) in [5, 5.41) is 7.69. The van der Waals surface area contributed by atoms with Crippen LogP contribution < -0.4 is 10.6 Å². The van der Waals surface area contributed by atoms with E-state index in [-0.39, 0.29) is 0 Å². The molecule has 0 aromatic rings. The zero-order chi connectivity index (χ0) is 5.98. The molecule has 47 valence electrons. The van der Waals surface area contributed by atoms with Crippen molar-refractivity contribution < 1.29 is 0 Å². The van der Waals surface area contributed by atoms with Crippen LogP contribution in [0.4, 0.5) is 0 Å². The van der Waals surface area contributed by atoms with Crippen LogP contribution in [0.15, 0.2) is 0 Å². The van der Waals surface area contributed by atoms with E-state index in [2.05, 4.69) is 24.5 Å². The van der Waals surface area contributed by atoms with Gasteiger partial charge in [-0.1, -0.05) is 0 Å². The maximum absolute atomic E-state index is 4.35. The molecule has 2 heteroatoms. The van der Waals surface area contributed by atoms with Crippen molar-refractivity contribution in [2.24, 2.45) is 0 Å². The maximum atomic E-state index is 4.35.